The van der Waals surface area contributed by atoms with Crippen LogP contribution in [0.1, 0.15) is 16.8 Å². The molecule has 2 aromatic heterocycles. The van der Waals surface area contributed by atoms with Crippen LogP contribution in [0.2, 0.25) is 5.02 Å². The Balaban J connectivity index is 1.51. The number of rotatable bonds is 4. The second kappa shape index (κ2) is 7.53. The molecule has 3 aromatic rings. The molecule has 0 atom stereocenters. The highest BCUT2D eigenvalue weighted by Gasteiger charge is 2.19. The van der Waals surface area contributed by atoms with E-state index in [1.807, 2.05) is 30.5 Å². The molecular weight excluding hydrogens is 368 g/mol. The van der Waals surface area contributed by atoms with Gasteiger partial charge in [0.15, 0.2) is 4.77 Å². The molecule has 0 aliphatic carbocycles. The molecule has 1 aliphatic heterocycles. The average molecular weight is 385 g/mol. The zero-order valence-electron chi connectivity index (χ0n) is 14.0. The maximum Gasteiger partial charge on any atom is 0.223 e. The number of halogens is 1. The molecule has 7 heteroatoms. The predicted octanol–water partition coefficient (Wildman–Crippen LogP) is 4.54. The van der Waals surface area contributed by atoms with Crippen molar-refractivity contribution in [2.24, 2.45) is 0 Å². The van der Waals surface area contributed by atoms with Gasteiger partial charge in [-0.3, -0.25) is 4.90 Å². The van der Waals surface area contributed by atoms with E-state index < -0.39 is 0 Å². The molecule has 4 rings (SSSR count). The number of fused-ring (bicyclic) bond motifs is 1. The monoisotopic (exact) mass is 384 g/mol. The van der Waals surface area contributed by atoms with Crippen molar-refractivity contribution in [2.45, 2.75) is 19.5 Å². The summed E-state index contributed by atoms with van der Waals surface area (Å²) < 4.78 is 6.51. The van der Waals surface area contributed by atoms with E-state index in [2.05, 4.69) is 19.9 Å². The summed E-state index contributed by atoms with van der Waals surface area (Å²) in [4.78, 5) is 14.1. The van der Waals surface area contributed by atoms with Gasteiger partial charge < -0.3 is 9.72 Å². The molecule has 3 heterocycles. The van der Waals surface area contributed by atoms with E-state index in [0.29, 0.717) is 15.7 Å². The summed E-state index contributed by atoms with van der Waals surface area (Å²) in [6.07, 6.45) is 4.54. The number of nitrogens with zero attached hydrogens (tertiary/aromatic N) is 3. The molecule has 0 amide bonds. The van der Waals surface area contributed by atoms with Crippen molar-refractivity contribution in [3.63, 3.8) is 0 Å². The fourth-order valence-electron chi connectivity index (χ4n) is 3.03. The van der Waals surface area contributed by atoms with Crippen LogP contribution in [0.3, 0.4) is 0 Å². The maximum absolute atomic E-state index is 5.96. The van der Waals surface area contributed by atoms with Gasteiger partial charge in [0, 0.05) is 60.3 Å². The standard InChI is InChI=1S/C19H17ClN4OS/c20-15-3-5-16(6-4-15)25-18-13(2-1-8-21-18)11-24-9-7-17-14(12-24)10-22-19(26)23-17/h1-6,8,10H,7,9,11-12H2,(H,22,23,26). The summed E-state index contributed by atoms with van der Waals surface area (Å²) in [5, 5.41) is 0.679. The van der Waals surface area contributed by atoms with Crippen molar-refractivity contribution in [3.05, 3.63) is 75.4 Å². The molecule has 1 aliphatic rings. The molecule has 0 saturated carbocycles. The van der Waals surface area contributed by atoms with Gasteiger partial charge in [0.25, 0.3) is 0 Å². The lowest BCUT2D eigenvalue weighted by Gasteiger charge is -2.28. The van der Waals surface area contributed by atoms with Crippen molar-refractivity contribution >= 4 is 23.8 Å². The number of aromatic amines is 1. The molecule has 132 valence electrons. The SMILES string of the molecule is S=c1ncc2c([nH]1)CCN(Cc1cccnc1Oc1ccc(Cl)cc1)C2. The Morgan fingerprint density at radius 1 is 1.19 bits per heavy atom. The van der Waals surface area contributed by atoms with E-state index in [-0.39, 0.29) is 0 Å². The first-order valence-electron chi connectivity index (χ1n) is 8.34. The summed E-state index contributed by atoms with van der Waals surface area (Å²) in [5.74, 6) is 1.33. The van der Waals surface area contributed by atoms with E-state index in [1.165, 1.54) is 11.3 Å². The van der Waals surface area contributed by atoms with E-state index in [9.17, 15) is 0 Å². The van der Waals surface area contributed by atoms with Crippen LogP contribution in [-0.4, -0.2) is 26.4 Å². The minimum Gasteiger partial charge on any atom is -0.439 e. The first-order chi connectivity index (χ1) is 12.7. The largest absolute Gasteiger partial charge is 0.439 e. The molecule has 0 spiro atoms. The highest BCUT2D eigenvalue weighted by Crippen LogP contribution is 2.26. The van der Waals surface area contributed by atoms with Gasteiger partial charge in [0.1, 0.15) is 5.75 Å². The van der Waals surface area contributed by atoms with E-state index >= 15 is 0 Å². The Morgan fingerprint density at radius 2 is 2.04 bits per heavy atom. The lowest BCUT2D eigenvalue weighted by molar-refractivity contribution is 0.239. The van der Waals surface area contributed by atoms with Crippen LogP contribution in [0.4, 0.5) is 0 Å². The van der Waals surface area contributed by atoms with Crippen LogP contribution >= 0.6 is 23.8 Å². The Morgan fingerprint density at radius 3 is 2.88 bits per heavy atom. The molecule has 0 fully saturated rings. The quantitative estimate of drug-likeness (QED) is 0.669. The second-order valence-electron chi connectivity index (χ2n) is 6.18. The van der Waals surface area contributed by atoms with Gasteiger partial charge in [0.2, 0.25) is 5.88 Å². The number of nitrogens with one attached hydrogen (secondary N) is 1. The van der Waals surface area contributed by atoms with Gasteiger partial charge >= 0.3 is 0 Å². The highest BCUT2D eigenvalue weighted by molar-refractivity contribution is 7.71. The molecule has 26 heavy (non-hydrogen) atoms. The molecule has 0 saturated heterocycles. The van der Waals surface area contributed by atoms with Crippen LogP contribution in [-0.2, 0) is 19.5 Å². The molecule has 1 N–H and O–H groups in total. The first kappa shape index (κ1) is 17.1. The molecule has 5 nitrogen and oxygen atoms in total. The minimum atomic E-state index is 0.545. The van der Waals surface area contributed by atoms with E-state index in [4.69, 9.17) is 28.6 Å². The van der Waals surface area contributed by atoms with Crippen molar-refractivity contribution in [1.82, 2.24) is 19.9 Å². The van der Waals surface area contributed by atoms with E-state index in [1.54, 1.807) is 18.3 Å². The second-order valence-corrected chi connectivity index (χ2v) is 7.00. The third kappa shape index (κ3) is 3.93. The van der Waals surface area contributed by atoms with E-state index in [0.717, 1.165) is 37.4 Å². The number of hydrogen-bond donors (Lipinski definition) is 1. The zero-order chi connectivity index (χ0) is 17.9. The number of aromatic nitrogens is 3. The number of ether oxygens (including phenoxy) is 1. The summed E-state index contributed by atoms with van der Waals surface area (Å²) in [5.41, 5.74) is 3.42. The summed E-state index contributed by atoms with van der Waals surface area (Å²) in [6, 6.07) is 11.3. The van der Waals surface area contributed by atoms with Gasteiger partial charge in [-0.05, 0) is 42.5 Å². The number of hydrogen-bond acceptors (Lipinski definition) is 5. The molecule has 0 radical (unpaired) electrons. The van der Waals surface area contributed by atoms with Crippen molar-refractivity contribution in [3.8, 4) is 11.6 Å². The third-order valence-corrected chi connectivity index (χ3v) is 4.79. The van der Waals surface area contributed by atoms with Crippen molar-refractivity contribution < 1.29 is 4.74 Å². The normalized spacial score (nSPS) is 14.0. The van der Waals surface area contributed by atoms with Crippen LogP contribution in [0.5, 0.6) is 11.6 Å². The highest BCUT2D eigenvalue weighted by atomic mass is 35.5. The maximum atomic E-state index is 5.96. The van der Waals surface area contributed by atoms with Gasteiger partial charge in [0.05, 0.1) is 0 Å². The van der Waals surface area contributed by atoms with Crippen LogP contribution in [0.25, 0.3) is 0 Å². The van der Waals surface area contributed by atoms with Crippen LogP contribution < -0.4 is 4.74 Å². The van der Waals surface area contributed by atoms with Crippen LogP contribution in [0.15, 0.2) is 48.8 Å². The van der Waals surface area contributed by atoms with Gasteiger partial charge in [-0.15, -0.1) is 0 Å². The summed E-state index contributed by atoms with van der Waals surface area (Å²) in [7, 11) is 0. The number of H-pyrrole nitrogens is 1. The van der Waals surface area contributed by atoms with Crippen LogP contribution in [0, 0.1) is 4.77 Å². The third-order valence-electron chi connectivity index (χ3n) is 4.33. The van der Waals surface area contributed by atoms with Crippen molar-refractivity contribution in [1.29, 1.82) is 0 Å². The number of pyridine rings is 1. The number of benzene rings is 1. The summed E-state index contributed by atoms with van der Waals surface area (Å²) >= 11 is 11.0. The Bertz CT molecular complexity index is 974. The topological polar surface area (TPSA) is 54.0 Å². The minimum absolute atomic E-state index is 0.545. The smallest absolute Gasteiger partial charge is 0.223 e. The zero-order valence-corrected chi connectivity index (χ0v) is 15.6. The summed E-state index contributed by atoms with van der Waals surface area (Å²) in [6.45, 7) is 2.52. The first-order valence-corrected chi connectivity index (χ1v) is 9.13. The predicted molar refractivity (Wildman–Crippen MR) is 103 cm³/mol. The lowest BCUT2D eigenvalue weighted by atomic mass is 10.1. The Kier molecular flexibility index (Phi) is 4.97. The van der Waals surface area contributed by atoms with Gasteiger partial charge in [-0.2, -0.15) is 0 Å². The fourth-order valence-corrected chi connectivity index (χ4v) is 3.33. The van der Waals surface area contributed by atoms with Gasteiger partial charge in [-0.25, -0.2) is 9.97 Å². The Labute approximate surface area is 161 Å². The lowest BCUT2D eigenvalue weighted by Crippen LogP contribution is -2.31. The fraction of sp³-hybridized carbons (Fsp3) is 0.211. The molecule has 0 unspecified atom stereocenters. The van der Waals surface area contributed by atoms with Crippen molar-refractivity contribution in [2.75, 3.05) is 6.54 Å². The molecule has 1 aromatic carbocycles. The molecule has 0 bridgehead atoms. The average Bonchev–Trinajstić information content (AvgIpc) is 2.65. The Hall–Kier alpha value is -2.28. The molecular formula is C19H17ClN4OS. The van der Waals surface area contributed by atoms with Gasteiger partial charge in [-0.1, -0.05) is 17.7 Å².